The SMILES string of the molecule is Cc1ccc2nn[nH]c2c1C. The quantitative estimate of drug-likeness (QED) is 0.614. The van der Waals surface area contributed by atoms with Crippen molar-refractivity contribution in [3.63, 3.8) is 0 Å². The van der Waals surface area contributed by atoms with Gasteiger partial charge in [-0.3, -0.25) is 5.10 Å². The molecule has 1 heterocycles. The average molecular weight is 147 g/mol. The molecule has 2 aromatic rings. The Kier molecular flexibility index (Phi) is 1.18. The number of fused-ring (bicyclic) bond motifs is 1. The first-order valence-electron chi connectivity index (χ1n) is 3.56. The standard InChI is InChI=1S/C8H9N3/c1-5-3-4-7-8(6(5)2)10-11-9-7/h3-4H,1-2H3,(H,9,10,11). The molecule has 56 valence electrons. The second-order valence-electron chi connectivity index (χ2n) is 2.71. The zero-order valence-corrected chi connectivity index (χ0v) is 6.55. The molecule has 0 spiro atoms. The van der Waals surface area contributed by atoms with Crippen LogP contribution < -0.4 is 0 Å². The van der Waals surface area contributed by atoms with Crippen molar-refractivity contribution in [2.45, 2.75) is 13.8 Å². The number of aromatic amines is 1. The molecule has 1 N–H and O–H groups in total. The van der Waals surface area contributed by atoms with Crippen molar-refractivity contribution in [3.8, 4) is 0 Å². The van der Waals surface area contributed by atoms with Gasteiger partial charge in [-0.1, -0.05) is 11.3 Å². The average Bonchev–Trinajstić information content (AvgIpc) is 2.45. The fraction of sp³-hybridized carbons (Fsp3) is 0.250. The molecule has 1 aromatic heterocycles. The Labute approximate surface area is 64.4 Å². The summed E-state index contributed by atoms with van der Waals surface area (Å²) in [4.78, 5) is 0. The molecule has 0 unspecified atom stereocenters. The first-order valence-corrected chi connectivity index (χ1v) is 3.56. The second-order valence-corrected chi connectivity index (χ2v) is 2.71. The lowest BCUT2D eigenvalue weighted by atomic mass is 10.1. The molecule has 0 atom stereocenters. The van der Waals surface area contributed by atoms with E-state index in [4.69, 9.17) is 0 Å². The summed E-state index contributed by atoms with van der Waals surface area (Å²) in [6.45, 7) is 4.15. The topological polar surface area (TPSA) is 41.6 Å². The monoisotopic (exact) mass is 147 g/mol. The van der Waals surface area contributed by atoms with Gasteiger partial charge >= 0.3 is 0 Å². The predicted octanol–water partition coefficient (Wildman–Crippen LogP) is 1.57. The highest BCUT2D eigenvalue weighted by molar-refractivity contribution is 5.78. The zero-order valence-electron chi connectivity index (χ0n) is 6.55. The van der Waals surface area contributed by atoms with E-state index in [9.17, 15) is 0 Å². The highest BCUT2D eigenvalue weighted by Gasteiger charge is 2.01. The summed E-state index contributed by atoms with van der Waals surface area (Å²) in [6, 6.07) is 4.03. The highest BCUT2D eigenvalue weighted by atomic mass is 15.3. The number of aryl methyl sites for hydroxylation is 2. The maximum atomic E-state index is 3.92. The van der Waals surface area contributed by atoms with E-state index in [2.05, 4.69) is 35.3 Å². The summed E-state index contributed by atoms with van der Waals surface area (Å²) in [6.07, 6.45) is 0. The summed E-state index contributed by atoms with van der Waals surface area (Å²) >= 11 is 0. The molecule has 0 saturated carbocycles. The van der Waals surface area contributed by atoms with Gasteiger partial charge in [0.15, 0.2) is 0 Å². The lowest BCUT2D eigenvalue weighted by Gasteiger charge is -1.97. The molecule has 3 nitrogen and oxygen atoms in total. The highest BCUT2D eigenvalue weighted by Crippen LogP contribution is 2.15. The number of nitrogens with zero attached hydrogens (tertiary/aromatic N) is 2. The first kappa shape index (κ1) is 6.34. The lowest BCUT2D eigenvalue weighted by molar-refractivity contribution is 0.958. The van der Waals surface area contributed by atoms with Gasteiger partial charge in [0, 0.05) is 0 Å². The van der Waals surface area contributed by atoms with Gasteiger partial charge < -0.3 is 0 Å². The van der Waals surface area contributed by atoms with Crippen LogP contribution in [-0.2, 0) is 0 Å². The minimum atomic E-state index is 0.938. The van der Waals surface area contributed by atoms with Crippen LogP contribution in [0.2, 0.25) is 0 Å². The van der Waals surface area contributed by atoms with Crippen LogP contribution >= 0.6 is 0 Å². The molecule has 0 saturated heterocycles. The van der Waals surface area contributed by atoms with Crippen molar-refractivity contribution in [2.75, 3.05) is 0 Å². The van der Waals surface area contributed by atoms with E-state index in [1.165, 1.54) is 11.1 Å². The van der Waals surface area contributed by atoms with Crippen LogP contribution in [0, 0.1) is 13.8 Å². The van der Waals surface area contributed by atoms with Gasteiger partial charge in [-0.2, -0.15) is 0 Å². The van der Waals surface area contributed by atoms with Crippen molar-refractivity contribution in [1.82, 2.24) is 15.4 Å². The molecule has 0 aliphatic heterocycles. The van der Waals surface area contributed by atoms with E-state index >= 15 is 0 Å². The summed E-state index contributed by atoms with van der Waals surface area (Å²) in [5.74, 6) is 0. The normalized spacial score (nSPS) is 10.7. The third kappa shape index (κ3) is 0.808. The van der Waals surface area contributed by atoms with Gasteiger partial charge in [0.1, 0.15) is 5.52 Å². The van der Waals surface area contributed by atoms with Crippen LogP contribution in [0.4, 0.5) is 0 Å². The molecule has 0 radical (unpaired) electrons. The number of aromatic nitrogens is 3. The number of hydrogen-bond acceptors (Lipinski definition) is 2. The van der Waals surface area contributed by atoms with Crippen LogP contribution in [0.15, 0.2) is 12.1 Å². The number of nitrogens with one attached hydrogen (secondary N) is 1. The molecule has 0 aliphatic carbocycles. The molecule has 2 rings (SSSR count). The van der Waals surface area contributed by atoms with Gasteiger partial charge in [-0.15, -0.1) is 5.10 Å². The van der Waals surface area contributed by atoms with Crippen LogP contribution in [0.1, 0.15) is 11.1 Å². The maximum absolute atomic E-state index is 3.92. The fourth-order valence-corrected chi connectivity index (χ4v) is 1.15. The molecular weight excluding hydrogens is 138 g/mol. The molecule has 3 heteroatoms. The molecule has 0 fully saturated rings. The number of hydrogen-bond donors (Lipinski definition) is 1. The third-order valence-electron chi connectivity index (χ3n) is 2.03. The summed E-state index contributed by atoms with van der Waals surface area (Å²) in [7, 11) is 0. The van der Waals surface area contributed by atoms with Crippen LogP contribution in [0.5, 0.6) is 0 Å². The molecule has 0 aliphatic rings. The minimum Gasteiger partial charge on any atom is -0.257 e. The van der Waals surface area contributed by atoms with Gasteiger partial charge in [0.05, 0.1) is 5.52 Å². The van der Waals surface area contributed by atoms with E-state index < -0.39 is 0 Å². The molecule has 1 aromatic carbocycles. The van der Waals surface area contributed by atoms with Crippen molar-refractivity contribution < 1.29 is 0 Å². The van der Waals surface area contributed by atoms with Gasteiger partial charge in [-0.05, 0) is 31.0 Å². The van der Waals surface area contributed by atoms with Crippen molar-refractivity contribution in [3.05, 3.63) is 23.3 Å². The van der Waals surface area contributed by atoms with Gasteiger partial charge in [-0.25, -0.2) is 0 Å². The Morgan fingerprint density at radius 2 is 2.09 bits per heavy atom. The van der Waals surface area contributed by atoms with E-state index in [0.717, 1.165) is 11.0 Å². The fourth-order valence-electron chi connectivity index (χ4n) is 1.15. The Balaban J connectivity index is 2.93. The lowest BCUT2D eigenvalue weighted by Crippen LogP contribution is -1.81. The largest absolute Gasteiger partial charge is 0.257 e. The van der Waals surface area contributed by atoms with Gasteiger partial charge in [0.2, 0.25) is 0 Å². The third-order valence-corrected chi connectivity index (χ3v) is 2.03. The molecule has 11 heavy (non-hydrogen) atoms. The minimum absolute atomic E-state index is 0.938. The zero-order chi connectivity index (χ0) is 7.84. The van der Waals surface area contributed by atoms with Crippen molar-refractivity contribution in [2.24, 2.45) is 0 Å². The second kappa shape index (κ2) is 2.05. The van der Waals surface area contributed by atoms with E-state index in [1.54, 1.807) is 0 Å². The Hall–Kier alpha value is -1.38. The number of rotatable bonds is 0. The molecule has 0 bridgehead atoms. The molecule has 0 amide bonds. The summed E-state index contributed by atoms with van der Waals surface area (Å²) < 4.78 is 0. The number of benzene rings is 1. The Bertz CT molecular complexity index is 389. The van der Waals surface area contributed by atoms with Crippen molar-refractivity contribution >= 4 is 11.0 Å². The number of H-pyrrole nitrogens is 1. The molecular formula is C8H9N3. The van der Waals surface area contributed by atoms with Crippen molar-refractivity contribution in [1.29, 1.82) is 0 Å². The van der Waals surface area contributed by atoms with Gasteiger partial charge in [0.25, 0.3) is 0 Å². The van der Waals surface area contributed by atoms with Crippen LogP contribution in [0.25, 0.3) is 11.0 Å². The smallest absolute Gasteiger partial charge is 0.113 e. The van der Waals surface area contributed by atoms with Crippen LogP contribution in [-0.4, -0.2) is 15.4 Å². The Morgan fingerprint density at radius 1 is 1.27 bits per heavy atom. The first-order chi connectivity index (χ1) is 5.29. The van der Waals surface area contributed by atoms with Crippen LogP contribution in [0.3, 0.4) is 0 Å². The van der Waals surface area contributed by atoms with E-state index in [1.807, 2.05) is 6.07 Å². The summed E-state index contributed by atoms with van der Waals surface area (Å²) in [5, 5.41) is 10.5. The maximum Gasteiger partial charge on any atom is 0.113 e. The van der Waals surface area contributed by atoms with E-state index in [-0.39, 0.29) is 0 Å². The Morgan fingerprint density at radius 3 is 2.91 bits per heavy atom. The summed E-state index contributed by atoms with van der Waals surface area (Å²) in [5.41, 5.74) is 4.48. The predicted molar refractivity (Wildman–Crippen MR) is 43.4 cm³/mol. The van der Waals surface area contributed by atoms with E-state index in [0.29, 0.717) is 0 Å².